The van der Waals surface area contributed by atoms with E-state index in [1.54, 1.807) is 0 Å². The lowest BCUT2D eigenvalue weighted by Crippen LogP contribution is -2.42. The monoisotopic (exact) mass is 326 g/mol. The van der Waals surface area contributed by atoms with Crippen LogP contribution in [0.5, 0.6) is 0 Å². The summed E-state index contributed by atoms with van der Waals surface area (Å²) >= 11 is 1.82. The Bertz CT molecular complexity index is 724. The third-order valence-electron chi connectivity index (χ3n) is 5.18. The maximum Gasteiger partial charge on any atom is 0.237 e. The van der Waals surface area contributed by atoms with Gasteiger partial charge >= 0.3 is 0 Å². The average Bonchev–Trinajstić information content (AvgIpc) is 3.20. The Morgan fingerprint density at radius 3 is 3.04 bits per heavy atom. The maximum absolute atomic E-state index is 12.7. The number of nitrogens with zero attached hydrogens (tertiary/aromatic N) is 2. The van der Waals surface area contributed by atoms with Crippen LogP contribution in [0.15, 0.2) is 35.7 Å². The molecule has 1 amide bonds. The molecule has 1 aromatic heterocycles. The van der Waals surface area contributed by atoms with Crippen LogP contribution in [0.2, 0.25) is 0 Å². The zero-order chi connectivity index (χ0) is 15.8. The summed E-state index contributed by atoms with van der Waals surface area (Å²) in [7, 11) is 2.09. The molecule has 23 heavy (non-hydrogen) atoms. The third kappa shape index (κ3) is 2.81. The van der Waals surface area contributed by atoms with Crippen LogP contribution in [0.1, 0.15) is 34.0 Å². The molecule has 0 fully saturated rings. The second-order valence-electron chi connectivity index (χ2n) is 6.60. The van der Waals surface area contributed by atoms with Crippen molar-refractivity contribution in [3.8, 4) is 0 Å². The topological polar surface area (TPSA) is 23.6 Å². The summed E-state index contributed by atoms with van der Waals surface area (Å²) in [4.78, 5) is 18.4. The maximum atomic E-state index is 12.7. The van der Waals surface area contributed by atoms with Gasteiger partial charge in [0, 0.05) is 24.0 Å². The van der Waals surface area contributed by atoms with Gasteiger partial charge in [0.1, 0.15) is 0 Å². The van der Waals surface area contributed by atoms with Gasteiger partial charge in [0.25, 0.3) is 0 Å². The molecule has 4 heteroatoms. The molecule has 0 saturated carbocycles. The quantitative estimate of drug-likeness (QED) is 0.864. The number of likely N-dealkylation sites (N-methyl/N-ethyl adjacent to an activating group) is 1. The van der Waals surface area contributed by atoms with Crippen LogP contribution >= 0.6 is 11.3 Å². The van der Waals surface area contributed by atoms with E-state index in [1.807, 2.05) is 16.2 Å². The van der Waals surface area contributed by atoms with E-state index in [0.717, 1.165) is 32.4 Å². The van der Waals surface area contributed by atoms with E-state index in [-0.39, 0.29) is 5.91 Å². The summed E-state index contributed by atoms with van der Waals surface area (Å²) in [5.41, 5.74) is 4.18. The van der Waals surface area contributed by atoms with E-state index in [2.05, 4.69) is 47.7 Å². The van der Waals surface area contributed by atoms with E-state index in [4.69, 9.17) is 0 Å². The molecule has 1 atom stereocenters. The summed E-state index contributed by atoms with van der Waals surface area (Å²) < 4.78 is 0. The highest BCUT2D eigenvalue weighted by atomic mass is 32.1. The molecule has 3 nitrogen and oxygen atoms in total. The van der Waals surface area contributed by atoms with Gasteiger partial charge in [0.2, 0.25) is 5.91 Å². The molecule has 0 saturated heterocycles. The molecule has 1 aliphatic carbocycles. The minimum Gasteiger partial charge on any atom is -0.337 e. The van der Waals surface area contributed by atoms with Crippen molar-refractivity contribution in [1.29, 1.82) is 0 Å². The van der Waals surface area contributed by atoms with E-state index < -0.39 is 0 Å². The highest BCUT2D eigenvalue weighted by molar-refractivity contribution is 7.10. The number of aryl methyl sites for hydroxylation is 1. The molecule has 1 unspecified atom stereocenters. The number of amides is 1. The Balaban J connectivity index is 1.42. The van der Waals surface area contributed by atoms with Gasteiger partial charge in [-0.05, 0) is 54.4 Å². The average molecular weight is 326 g/mol. The van der Waals surface area contributed by atoms with Crippen molar-refractivity contribution in [3.05, 3.63) is 57.3 Å². The van der Waals surface area contributed by atoms with Crippen LogP contribution in [0.25, 0.3) is 0 Å². The zero-order valence-electron chi connectivity index (χ0n) is 13.5. The molecule has 1 aliphatic heterocycles. The van der Waals surface area contributed by atoms with Crippen LogP contribution in [0.3, 0.4) is 0 Å². The number of rotatable bonds is 3. The van der Waals surface area contributed by atoms with E-state index in [1.165, 1.54) is 21.6 Å². The summed E-state index contributed by atoms with van der Waals surface area (Å²) in [6.07, 6.45) is 3.26. The number of hydrogen-bond donors (Lipinski definition) is 0. The Morgan fingerprint density at radius 1 is 1.26 bits per heavy atom. The first-order valence-corrected chi connectivity index (χ1v) is 9.21. The molecule has 0 N–H and O–H groups in total. The highest BCUT2D eigenvalue weighted by Crippen LogP contribution is 2.34. The van der Waals surface area contributed by atoms with Crippen LogP contribution in [-0.4, -0.2) is 35.8 Å². The van der Waals surface area contributed by atoms with Gasteiger partial charge in [0.05, 0.1) is 6.54 Å². The molecule has 1 aromatic carbocycles. The molecule has 0 radical (unpaired) electrons. The Kier molecular flexibility index (Phi) is 3.95. The molecular formula is C19H22N2OS. The lowest BCUT2D eigenvalue weighted by atomic mass is 10.1. The smallest absolute Gasteiger partial charge is 0.237 e. The predicted octanol–water partition coefficient (Wildman–Crippen LogP) is 3.25. The van der Waals surface area contributed by atoms with Crippen LogP contribution in [0, 0.1) is 0 Å². The molecule has 2 aliphatic rings. The van der Waals surface area contributed by atoms with Gasteiger partial charge in [-0.3, -0.25) is 9.69 Å². The number of carbonyl (C=O) groups is 1. The SMILES string of the molecule is CN(CC(=O)N1CCc2sccc2C1)C1CCc2ccccc21. The summed E-state index contributed by atoms with van der Waals surface area (Å²) in [5, 5.41) is 2.14. The zero-order valence-corrected chi connectivity index (χ0v) is 14.3. The number of fused-ring (bicyclic) bond motifs is 2. The van der Waals surface area contributed by atoms with Gasteiger partial charge in [-0.1, -0.05) is 24.3 Å². The van der Waals surface area contributed by atoms with Crippen LogP contribution in [-0.2, 0) is 24.2 Å². The lowest BCUT2D eigenvalue weighted by Gasteiger charge is -2.31. The van der Waals surface area contributed by atoms with Crippen molar-refractivity contribution in [3.63, 3.8) is 0 Å². The first-order valence-electron chi connectivity index (χ1n) is 8.33. The first kappa shape index (κ1) is 14.9. The van der Waals surface area contributed by atoms with Crippen LogP contribution < -0.4 is 0 Å². The first-order chi connectivity index (χ1) is 11.2. The van der Waals surface area contributed by atoms with E-state index in [0.29, 0.717) is 12.6 Å². The summed E-state index contributed by atoms with van der Waals surface area (Å²) in [6.45, 7) is 2.16. The number of hydrogen-bond acceptors (Lipinski definition) is 3. The summed E-state index contributed by atoms with van der Waals surface area (Å²) in [5.74, 6) is 0.258. The minimum atomic E-state index is 0.258. The highest BCUT2D eigenvalue weighted by Gasteiger charge is 2.28. The molecule has 0 spiro atoms. The Morgan fingerprint density at radius 2 is 2.13 bits per heavy atom. The normalized spacial score (nSPS) is 19.7. The molecular weight excluding hydrogens is 304 g/mol. The molecule has 2 heterocycles. The number of thiophene rings is 1. The molecule has 120 valence electrons. The van der Waals surface area contributed by atoms with Crippen molar-refractivity contribution >= 4 is 17.2 Å². The van der Waals surface area contributed by atoms with Gasteiger partial charge in [0.15, 0.2) is 0 Å². The predicted molar refractivity (Wildman–Crippen MR) is 93.6 cm³/mol. The minimum absolute atomic E-state index is 0.258. The lowest BCUT2D eigenvalue weighted by molar-refractivity contribution is -0.133. The van der Waals surface area contributed by atoms with Crippen molar-refractivity contribution in [2.75, 3.05) is 20.1 Å². The Labute approximate surface area is 141 Å². The van der Waals surface area contributed by atoms with Crippen molar-refractivity contribution in [1.82, 2.24) is 9.80 Å². The molecule has 2 aromatic rings. The number of benzene rings is 1. The van der Waals surface area contributed by atoms with Gasteiger partial charge in [-0.15, -0.1) is 11.3 Å². The van der Waals surface area contributed by atoms with E-state index in [9.17, 15) is 4.79 Å². The van der Waals surface area contributed by atoms with Gasteiger partial charge < -0.3 is 4.90 Å². The van der Waals surface area contributed by atoms with E-state index >= 15 is 0 Å². The fourth-order valence-electron chi connectivity index (χ4n) is 3.88. The second-order valence-corrected chi connectivity index (χ2v) is 7.60. The van der Waals surface area contributed by atoms with Crippen LogP contribution in [0.4, 0.5) is 0 Å². The summed E-state index contributed by atoms with van der Waals surface area (Å²) in [6, 6.07) is 11.2. The number of carbonyl (C=O) groups excluding carboxylic acids is 1. The standard InChI is InChI=1S/C19H22N2OS/c1-20(17-7-6-14-4-2-3-5-16(14)17)13-19(22)21-10-8-18-15(12-21)9-11-23-18/h2-5,9,11,17H,6-8,10,12-13H2,1H3. The van der Waals surface area contributed by atoms with Gasteiger partial charge in [-0.2, -0.15) is 0 Å². The second kappa shape index (κ2) is 6.10. The van der Waals surface area contributed by atoms with Gasteiger partial charge in [-0.25, -0.2) is 0 Å². The van der Waals surface area contributed by atoms with Crippen molar-refractivity contribution in [2.24, 2.45) is 0 Å². The largest absolute Gasteiger partial charge is 0.337 e. The third-order valence-corrected chi connectivity index (χ3v) is 6.20. The Hall–Kier alpha value is -1.65. The molecule has 0 bridgehead atoms. The van der Waals surface area contributed by atoms with Crippen molar-refractivity contribution in [2.45, 2.75) is 31.8 Å². The fraction of sp³-hybridized carbons (Fsp3) is 0.421. The molecule has 4 rings (SSSR count). The van der Waals surface area contributed by atoms with Crippen molar-refractivity contribution < 1.29 is 4.79 Å². The fourth-order valence-corrected chi connectivity index (χ4v) is 4.77.